The number of hydrogen-bond acceptors (Lipinski definition) is 2. The van der Waals surface area contributed by atoms with Crippen LogP contribution in [-0.4, -0.2) is 11.4 Å². The molecule has 1 aliphatic rings. The topological polar surface area (TPSA) is 26.3 Å². The van der Waals surface area contributed by atoms with Crippen LogP contribution in [0.15, 0.2) is 12.2 Å². The molecule has 1 atom stereocenters. The Balaban J connectivity index is 2.89. The maximum absolute atomic E-state index is 11.0. The Hall–Kier alpha value is 0.1000. The summed E-state index contributed by atoms with van der Waals surface area (Å²) in [5.41, 5.74) is -0.243. The molecule has 13 heavy (non-hydrogen) atoms. The molecule has 0 fully saturated rings. The van der Waals surface area contributed by atoms with Crippen molar-refractivity contribution in [3.63, 3.8) is 0 Å². The maximum Gasteiger partial charge on any atom is 0.155 e. The molecule has 1 unspecified atom stereocenters. The lowest BCUT2D eigenvalue weighted by molar-refractivity contribution is -0.116. The van der Waals surface area contributed by atoms with Crippen molar-refractivity contribution < 1.29 is 7.86 Å². The van der Waals surface area contributed by atoms with Gasteiger partial charge in [-0.15, -0.1) is 0 Å². The van der Waals surface area contributed by atoms with Crippen LogP contribution >= 0.6 is 23.0 Å². The summed E-state index contributed by atoms with van der Waals surface area (Å²) in [5.74, 6) is 0.224. The van der Waals surface area contributed by atoms with Crippen LogP contribution in [0.25, 0.3) is 0 Å². The largest absolute Gasteiger partial charge is 0.309 e. The molecular weight excluding hydrogens is 279 g/mol. The summed E-state index contributed by atoms with van der Waals surface area (Å²) < 4.78 is 5.42. The van der Waals surface area contributed by atoms with Gasteiger partial charge in [0.25, 0.3) is 0 Å². The molecule has 1 aliphatic carbocycles. The van der Waals surface area contributed by atoms with Gasteiger partial charge in [-0.3, -0.25) is 4.79 Å². The van der Waals surface area contributed by atoms with Crippen molar-refractivity contribution in [1.82, 2.24) is 0 Å². The standard InChI is InChI=1S/C10H15IO2/c1-9(2,13-11)10(3)6-4-8(12)5-7-10/h4,6H,5,7H2,1-3H3. The van der Waals surface area contributed by atoms with Gasteiger partial charge in [-0.05, 0) is 26.3 Å². The van der Waals surface area contributed by atoms with E-state index in [-0.39, 0.29) is 16.8 Å². The van der Waals surface area contributed by atoms with Gasteiger partial charge in [0.1, 0.15) is 23.0 Å². The average molecular weight is 294 g/mol. The lowest BCUT2D eigenvalue weighted by Gasteiger charge is -2.41. The van der Waals surface area contributed by atoms with Gasteiger partial charge in [0.15, 0.2) is 5.78 Å². The zero-order chi connectivity index (χ0) is 10.1. The second-order valence-electron chi connectivity index (χ2n) is 4.30. The molecule has 0 bridgehead atoms. The quantitative estimate of drug-likeness (QED) is 0.732. The molecule has 0 amide bonds. The third kappa shape index (κ3) is 2.13. The Kier molecular flexibility index (Phi) is 3.17. The first-order valence-corrected chi connectivity index (χ1v) is 5.31. The molecular formula is C10H15IO2. The van der Waals surface area contributed by atoms with Crippen molar-refractivity contribution in [2.75, 3.05) is 0 Å². The molecule has 0 heterocycles. The Morgan fingerprint density at radius 3 is 2.62 bits per heavy atom. The predicted octanol–water partition coefficient (Wildman–Crippen LogP) is 3.06. The summed E-state index contributed by atoms with van der Waals surface area (Å²) in [7, 11) is 0. The first-order valence-electron chi connectivity index (χ1n) is 4.43. The van der Waals surface area contributed by atoms with E-state index in [0.717, 1.165) is 6.42 Å². The van der Waals surface area contributed by atoms with Crippen LogP contribution in [0.1, 0.15) is 33.6 Å². The van der Waals surface area contributed by atoms with Crippen LogP contribution in [0.2, 0.25) is 0 Å². The normalized spacial score (nSPS) is 29.4. The van der Waals surface area contributed by atoms with E-state index in [0.29, 0.717) is 6.42 Å². The maximum atomic E-state index is 11.0. The molecule has 0 spiro atoms. The number of halogens is 1. The van der Waals surface area contributed by atoms with Gasteiger partial charge in [-0.2, -0.15) is 0 Å². The van der Waals surface area contributed by atoms with E-state index in [9.17, 15) is 4.79 Å². The zero-order valence-corrected chi connectivity index (χ0v) is 10.4. The molecule has 0 aliphatic heterocycles. The summed E-state index contributed by atoms with van der Waals surface area (Å²) >= 11 is 1.93. The van der Waals surface area contributed by atoms with Crippen molar-refractivity contribution in [3.8, 4) is 0 Å². The van der Waals surface area contributed by atoms with Gasteiger partial charge in [0, 0.05) is 11.8 Å². The third-order valence-corrected chi connectivity index (χ3v) is 4.20. The summed E-state index contributed by atoms with van der Waals surface area (Å²) in [6.07, 6.45) is 5.17. The van der Waals surface area contributed by atoms with Crippen molar-refractivity contribution in [2.24, 2.45) is 5.41 Å². The first-order chi connectivity index (χ1) is 5.91. The van der Waals surface area contributed by atoms with Crippen molar-refractivity contribution in [3.05, 3.63) is 12.2 Å². The van der Waals surface area contributed by atoms with Gasteiger partial charge in [-0.25, -0.2) is 0 Å². The van der Waals surface area contributed by atoms with E-state index in [1.165, 1.54) is 0 Å². The molecule has 0 N–H and O–H groups in total. The van der Waals surface area contributed by atoms with Gasteiger partial charge in [-0.1, -0.05) is 13.0 Å². The third-order valence-electron chi connectivity index (χ3n) is 3.10. The highest BCUT2D eigenvalue weighted by Crippen LogP contribution is 2.42. The van der Waals surface area contributed by atoms with Crippen LogP contribution in [-0.2, 0) is 7.86 Å². The predicted molar refractivity (Wildman–Crippen MR) is 60.7 cm³/mol. The van der Waals surface area contributed by atoms with Crippen LogP contribution in [0.4, 0.5) is 0 Å². The number of ketones is 1. The molecule has 3 heteroatoms. The van der Waals surface area contributed by atoms with Crippen LogP contribution in [0.5, 0.6) is 0 Å². The summed E-state index contributed by atoms with van der Waals surface area (Å²) in [5, 5.41) is 0. The molecule has 0 aromatic carbocycles. The smallest absolute Gasteiger partial charge is 0.155 e. The highest BCUT2D eigenvalue weighted by molar-refractivity contribution is 14.1. The fourth-order valence-corrected chi connectivity index (χ4v) is 1.92. The van der Waals surface area contributed by atoms with Crippen LogP contribution < -0.4 is 0 Å². The zero-order valence-electron chi connectivity index (χ0n) is 8.26. The fourth-order valence-electron chi connectivity index (χ4n) is 1.42. The Bertz CT molecular complexity index is 245. The monoisotopic (exact) mass is 294 g/mol. The van der Waals surface area contributed by atoms with Gasteiger partial charge < -0.3 is 3.07 Å². The van der Waals surface area contributed by atoms with Crippen molar-refractivity contribution in [2.45, 2.75) is 39.2 Å². The molecule has 0 saturated heterocycles. The average Bonchev–Trinajstić information content (AvgIpc) is 2.10. The fraction of sp³-hybridized carbons (Fsp3) is 0.700. The lowest BCUT2D eigenvalue weighted by atomic mass is 9.69. The number of carbonyl (C=O) groups excluding carboxylic acids is 1. The molecule has 1 rings (SSSR count). The van der Waals surface area contributed by atoms with Crippen LogP contribution in [0.3, 0.4) is 0 Å². The second-order valence-corrected chi connectivity index (χ2v) is 4.74. The number of rotatable bonds is 2. The number of allylic oxidation sites excluding steroid dienone is 1. The Morgan fingerprint density at radius 1 is 1.62 bits per heavy atom. The Morgan fingerprint density at radius 2 is 2.23 bits per heavy atom. The Labute approximate surface area is 93.4 Å². The first kappa shape index (κ1) is 11.2. The highest BCUT2D eigenvalue weighted by Gasteiger charge is 2.41. The van der Waals surface area contributed by atoms with Gasteiger partial charge in [0.05, 0.1) is 5.60 Å². The summed E-state index contributed by atoms with van der Waals surface area (Å²) in [6.45, 7) is 6.24. The molecule has 0 radical (unpaired) electrons. The van der Waals surface area contributed by atoms with E-state index < -0.39 is 0 Å². The lowest BCUT2D eigenvalue weighted by Crippen LogP contribution is -2.42. The van der Waals surface area contributed by atoms with Gasteiger partial charge >= 0.3 is 0 Å². The highest BCUT2D eigenvalue weighted by atomic mass is 127. The minimum absolute atomic E-state index is 0.0257. The number of hydrogen-bond donors (Lipinski definition) is 0. The van der Waals surface area contributed by atoms with E-state index >= 15 is 0 Å². The number of carbonyl (C=O) groups is 1. The van der Waals surface area contributed by atoms with Crippen LogP contribution in [0, 0.1) is 5.41 Å². The van der Waals surface area contributed by atoms with E-state index in [1.807, 2.05) is 29.1 Å². The van der Waals surface area contributed by atoms with Crippen molar-refractivity contribution >= 4 is 28.8 Å². The summed E-state index contributed by atoms with van der Waals surface area (Å²) in [4.78, 5) is 11.0. The minimum atomic E-state index is -0.217. The minimum Gasteiger partial charge on any atom is -0.309 e. The second kappa shape index (κ2) is 3.69. The van der Waals surface area contributed by atoms with Crippen molar-refractivity contribution in [1.29, 1.82) is 0 Å². The molecule has 0 aromatic heterocycles. The van der Waals surface area contributed by atoms with E-state index in [1.54, 1.807) is 6.08 Å². The van der Waals surface area contributed by atoms with E-state index in [2.05, 4.69) is 20.8 Å². The SMILES string of the molecule is CC1(C(C)(C)OI)C=CC(=O)CC1. The summed E-state index contributed by atoms with van der Waals surface area (Å²) in [6, 6.07) is 0. The van der Waals surface area contributed by atoms with Gasteiger partial charge in [0.2, 0.25) is 0 Å². The molecule has 0 saturated carbocycles. The molecule has 2 nitrogen and oxygen atoms in total. The van der Waals surface area contributed by atoms with E-state index in [4.69, 9.17) is 3.07 Å². The molecule has 74 valence electrons. The molecule has 0 aromatic rings.